The fourth-order valence-electron chi connectivity index (χ4n) is 2.50. The molecule has 0 bridgehead atoms. The Kier molecular flexibility index (Phi) is 7.76. The summed E-state index contributed by atoms with van der Waals surface area (Å²) in [4.78, 5) is 11.1. The predicted octanol–water partition coefficient (Wildman–Crippen LogP) is 3.66. The number of rotatable bonds is 9. The Morgan fingerprint density at radius 1 is 1.16 bits per heavy atom. The van der Waals surface area contributed by atoms with Gasteiger partial charge in [-0.1, -0.05) is 35.9 Å². The second-order valence-electron chi connectivity index (χ2n) is 5.95. The van der Waals surface area contributed by atoms with E-state index in [1.54, 1.807) is 0 Å². The molecule has 0 aliphatic heterocycles. The molecule has 1 unspecified atom stereocenters. The Labute approximate surface area is 154 Å². The largest absolute Gasteiger partial charge is 0.482 e. The summed E-state index contributed by atoms with van der Waals surface area (Å²) >= 11 is 6.00. The molecule has 0 aliphatic rings. The molecule has 0 fully saturated rings. The monoisotopic (exact) mass is 361 g/mol. The number of methoxy groups -OCH3 is 1. The summed E-state index contributed by atoms with van der Waals surface area (Å²) in [5.74, 6) is 0.275. The molecular formula is C20H24ClNO3. The maximum absolute atomic E-state index is 11.1. The van der Waals surface area contributed by atoms with E-state index in [1.165, 1.54) is 18.2 Å². The maximum atomic E-state index is 11.1. The lowest BCUT2D eigenvalue weighted by Gasteiger charge is -2.14. The molecule has 4 nitrogen and oxygen atoms in total. The summed E-state index contributed by atoms with van der Waals surface area (Å²) < 4.78 is 9.89. The number of halogens is 1. The summed E-state index contributed by atoms with van der Waals surface area (Å²) in [7, 11) is 1.34. The molecule has 2 aromatic carbocycles. The van der Waals surface area contributed by atoms with Crippen molar-refractivity contribution in [1.82, 2.24) is 5.32 Å². The molecule has 0 heterocycles. The van der Waals surface area contributed by atoms with E-state index in [1.807, 2.05) is 42.5 Å². The smallest absolute Gasteiger partial charge is 0.343 e. The van der Waals surface area contributed by atoms with E-state index in [9.17, 15) is 4.79 Å². The van der Waals surface area contributed by atoms with Crippen LogP contribution in [-0.4, -0.2) is 32.3 Å². The van der Waals surface area contributed by atoms with Gasteiger partial charge in [0.05, 0.1) is 7.11 Å². The van der Waals surface area contributed by atoms with Crippen LogP contribution in [0.15, 0.2) is 48.5 Å². The van der Waals surface area contributed by atoms with Crippen molar-refractivity contribution in [1.29, 1.82) is 0 Å². The van der Waals surface area contributed by atoms with Crippen molar-refractivity contribution in [3.63, 3.8) is 0 Å². The number of ether oxygens (including phenoxy) is 2. The fourth-order valence-corrected chi connectivity index (χ4v) is 2.72. The van der Waals surface area contributed by atoms with Crippen molar-refractivity contribution in [3.8, 4) is 5.75 Å². The Morgan fingerprint density at radius 3 is 2.60 bits per heavy atom. The fraction of sp³-hybridized carbons (Fsp3) is 0.350. The zero-order chi connectivity index (χ0) is 18.1. The second kappa shape index (κ2) is 10.1. The Balaban J connectivity index is 1.72. The van der Waals surface area contributed by atoms with Gasteiger partial charge in [-0.2, -0.15) is 0 Å². The highest BCUT2D eigenvalue weighted by Gasteiger charge is 2.05. The molecule has 0 radical (unpaired) electrons. The summed E-state index contributed by atoms with van der Waals surface area (Å²) in [6, 6.07) is 16.1. The van der Waals surface area contributed by atoms with Gasteiger partial charge in [0.15, 0.2) is 6.61 Å². The lowest BCUT2D eigenvalue weighted by molar-refractivity contribution is -0.142. The minimum absolute atomic E-state index is 0.0721. The normalized spacial score (nSPS) is 11.8. The molecule has 25 heavy (non-hydrogen) atoms. The molecule has 5 heteroatoms. The van der Waals surface area contributed by atoms with Crippen molar-refractivity contribution >= 4 is 17.6 Å². The number of hydrogen-bond acceptors (Lipinski definition) is 4. The van der Waals surface area contributed by atoms with Crippen LogP contribution in [0.1, 0.15) is 18.1 Å². The molecule has 1 N–H and O–H groups in total. The average molecular weight is 362 g/mol. The van der Waals surface area contributed by atoms with Crippen molar-refractivity contribution < 1.29 is 14.3 Å². The SMILES string of the molecule is COC(=O)COc1ccc(CC(C)NCCc2cccc(Cl)c2)cc1. The third-order valence-corrected chi connectivity index (χ3v) is 4.08. The Morgan fingerprint density at radius 2 is 1.92 bits per heavy atom. The first-order chi connectivity index (χ1) is 12.1. The highest BCUT2D eigenvalue weighted by atomic mass is 35.5. The van der Waals surface area contributed by atoms with Gasteiger partial charge in [-0.15, -0.1) is 0 Å². The molecule has 0 spiro atoms. The number of carbonyl (C=O) groups excluding carboxylic acids is 1. The molecule has 0 aromatic heterocycles. The van der Waals surface area contributed by atoms with E-state index in [0.29, 0.717) is 11.8 Å². The number of esters is 1. The molecule has 0 saturated carbocycles. The number of benzene rings is 2. The third kappa shape index (κ3) is 7.16. The molecule has 1 atom stereocenters. The van der Waals surface area contributed by atoms with Crippen LogP contribution in [0, 0.1) is 0 Å². The quantitative estimate of drug-likeness (QED) is 0.692. The van der Waals surface area contributed by atoms with Gasteiger partial charge in [-0.25, -0.2) is 4.79 Å². The molecule has 0 aliphatic carbocycles. The van der Waals surface area contributed by atoms with Crippen LogP contribution in [0.5, 0.6) is 5.75 Å². The summed E-state index contributed by atoms with van der Waals surface area (Å²) in [6.45, 7) is 3.00. The van der Waals surface area contributed by atoms with E-state index in [2.05, 4.69) is 23.0 Å². The molecule has 2 aromatic rings. The van der Waals surface area contributed by atoms with Crippen molar-refractivity contribution in [2.75, 3.05) is 20.3 Å². The number of carbonyl (C=O) groups is 1. The van der Waals surface area contributed by atoms with Gasteiger partial charge >= 0.3 is 5.97 Å². The lowest BCUT2D eigenvalue weighted by Crippen LogP contribution is -2.29. The van der Waals surface area contributed by atoms with Crippen molar-refractivity contribution in [2.24, 2.45) is 0 Å². The van der Waals surface area contributed by atoms with Crippen LogP contribution < -0.4 is 10.1 Å². The minimum Gasteiger partial charge on any atom is -0.482 e. The zero-order valence-corrected chi connectivity index (χ0v) is 15.4. The standard InChI is InChI=1S/C20H24ClNO3/c1-15(22-11-10-16-4-3-5-18(21)13-16)12-17-6-8-19(9-7-17)25-14-20(23)24-2/h3-9,13,15,22H,10-12,14H2,1-2H3. The van der Waals surface area contributed by atoms with E-state index in [-0.39, 0.29) is 12.6 Å². The van der Waals surface area contributed by atoms with Crippen LogP contribution in [-0.2, 0) is 22.4 Å². The Hall–Kier alpha value is -2.04. The van der Waals surface area contributed by atoms with Crippen LogP contribution in [0.3, 0.4) is 0 Å². The first-order valence-electron chi connectivity index (χ1n) is 8.33. The minimum atomic E-state index is -0.387. The highest BCUT2D eigenvalue weighted by Crippen LogP contribution is 2.14. The highest BCUT2D eigenvalue weighted by molar-refractivity contribution is 6.30. The van der Waals surface area contributed by atoms with Crippen molar-refractivity contribution in [2.45, 2.75) is 25.8 Å². The van der Waals surface area contributed by atoms with Gasteiger partial charge in [0.1, 0.15) is 5.75 Å². The number of hydrogen-bond donors (Lipinski definition) is 1. The molecule has 2 rings (SSSR count). The summed E-state index contributed by atoms with van der Waals surface area (Å²) in [5, 5.41) is 4.30. The molecule has 0 saturated heterocycles. The number of nitrogens with one attached hydrogen (secondary N) is 1. The third-order valence-electron chi connectivity index (χ3n) is 3.85. The van der Waals surface area contributed by atoms with Gasteiger partial charge in [-0.05, 0) is 61.7 Å². The van der Waals surface area contributed by atoms with Crippen LogP contribution >= 0.6 is 11.6 Å². The van der Waals surface area contributed by atoms with Crippen LogP contribution in [0.2, 0.25) is 5.02 Å². The maximum Gasteiger partial charge on any atom is 0.343 e. The van der Waals surface area contributed by atoms with Gasteiger partial charge in [0.25, 0.3) is 0 Å². The second-order valence-corrected chi connectivity index (χ2v) is 6.38. The van der Waals surface area contributed by atoms with Crippen LogP contribution in [0.4, 0.5) is 0 Å². The van der Waals surface area contributed by atoms with E-state index in [4.69, 9.17) is 16.3 Å². The van der Waals surface area contributed by atoms with Gasteiger partial charge in [-0.3, -0.25) is 0 Å². The zero-order valence-electron chi connectivity index (χ0n) is 14.6. The molecular weight excluding hydrogens is 338 g/mol. The van der Waals surface area contributed by atoms with E-state index in [0.717, 1.165) is 24.4 Å². The van der Waals surface area contributed by atoms with Crippen molar-refractivity contribution in [3.05, 3.63) is 64.7 Å². The topological polar surface area (TPSA) is 47.6 Å². The summed E-state index contributed by atoms with van der Waals surface area (Å²) in [6.07, 6.45) is 1.87. The lowest BCUT2D eigenvalue weighted by atomic mass is 10.1. The van der Waals surface area contributed by atoms with E-state index < -0.39 is 0 Å². The van der Waals surface area contributed by atoms with Gasteiger partial charge in [0, 0.05) is 11.1 Å². The van der Waals surface area contributed by atoms with E-state index >= 15 is 0 Å². The molecule has 0 amide bonds. The average Bonchev–Trinajstić information content (AvgIpc) is 2.61. The predicted molar refractivity (Wildman–Crippen MR) is 100 cm³/mol. The van der Waals surface area contributed by atoms with Crippen LogP contribution in [0.25, 0.3) is 0 Å². The van der Waals surface area contributed by atoms with Gasteiger partial charge in [0.2, 0.25) is 0 Å². The first-order valence-corrected chi connectivity index (χ1v) is 8.71. The summed E-state index contributed by atoms with van der Waals surface area (Å²) in [5.41, 5.74) is 2.45. The Bertz CT molecular complexity index is 673. The molecule has 134 valence electrons. The van der Waals surface area contributed by atoms with Gasteiger partial charge < -0.3 is 14.8 Å². The first kappa shape index (κ1) is 19.3.